The normalized spacial score (nSPS) is 25.4. The summed E-state index contributed by atoms with van der Waals surface area (Å²) in [5.41, 5.74) is 2.44. The lowest BCUT2D eigenvalue weighted by atomic mass is 9.94. The number of amides is 2. The number of alkyl halides is 2. The standard InChI is InChI=1S/C21H28F2N4O/c1-25-10-8-21(22,23)16(13-25)11-24-20(28)27-9-7-15(12-27)18-14-26(2)19-6-4-3-5-17(18)19/h3-6,14-16H,7-13H2,1-2H3,(H,24,28). The summed E-state index contributed by atoms with van der Waals surface area (Å²) in [5, 5.41) is 3.98. The fourth-order valence-electron chi connectivity index (χ4n) is 4.58. The van der Waals surface area contributed by atoms with Crippen molar-refractivity contribution in [1.29, 1.82) is 0 Å². The Labute approximate surface area is 164 Å². The molecule has 0 bridgehead atoms. The Balaban J connectivity index is 1.38. The van der Waals surface area contributed by atoms with Crippen LogP contribution in [0, 0.1) is 5.92 Å². The quantitative estimate of drug-likeness (QED) is 0.874. The lowest BCUT2D eigenvalue weighted by Crippen LogP contribution is -2.51. The Morgan fingerprint density at radius 2 is 2.00 bits per heavy atom. The molecule has 1 aromatic carbocycles. The van der Waals surface area contributed by atoms with Crippen molar-refractivity contribution >= 4 is 16.9 Å². The largest absolute Gasteiger partial charge is 0.350 e. The monoisotopic (exact) mass is 390 g/mol. The van der Waals surface area contributed by atoms with Gasteiger partial charge in [-0.2, -0.15) is 0 Å². The van der Waals surface area contributed by atoms with Gasteiger partial charge >= 0.3 is 6.03 Å². The topological polar surface area (TPSA) is 40.5 Å². The molecule has 1 aromatic heterocycles. The fourth-order valence-corrected chi connectivity index (χ4v) is 4.58. The van der Waals surface area contributed by atoms with Crippen LogP contribution >= 0.6 is 0 Å². The number of aryl methyl sites for hydroxylation is 1. The number of carbonyl (C=O) groups is 1. The number of hydrogen-bond acceptors (Lipinski definition) is 2. The first-order chi connectivity index (χ1) is 13.3. The van der Waals surface area contributed by atoms with Gasteiger partial charge in [-0.25, -0.2) is 13.6 Å². The molecule has 2 aliphatic rings. The Bertz CT molecular complexity index is 865. The van der Waals surface area contributed by atoms with Gasteiger partial charge in [0.25, 0.3) is 5.92 Å². The van der Waals surface area contributed by atoms with Crippen molar-refractivity contribution in [2.75, 3.05) is 39.8 Å². The van der Waals surface area contributed by atoms with Gasteiger partial charge in [0.05, 0.1) is 5.92 Å². The minimum absolute atomic E-state index is 0.0195. The number of likely N-dealkylation sites (tertiary alicyclic amines) is 2. The number of nitrogens with zero attached hydrogens (tertiary/aromatic N) is 3. The van der Waals surface area contributed by atoms with Crippen LogP contribution in [0.4, 0.5) is 13.6 Å². The number of rotatable bonds is 3. The zero-order chi connectivity index (χ0) is 19.9. The van der Waals surface area contributed by atoms with Crippen molar-refractivity contribution in [3.05, 3.63) is 36.0 Å². The van der Waals surface area contributed by atoms with Crippen molar-refractivity contribution in [2.24, 2.45) is 13.0 Å². The van der Waals surface area contributed by atoms with E-state index < -0.39 is 11.8 Å². The van der Waals surface area contributed by atoms with Crippen LogP contribution in [0.5, 0.6) is 0 Å². The van der Waals surface area contributed by atoms with Crippen LogP contribution in [0.1, 0.15) is 24.3 Å². The predicted octanol–water partition coefficient (Wildman–Crippen LogP) is 3.26. The summed E-state index contributed by atoms with van der Waals surface area (Å²) in [6.07, 6.45) is 2.90. The number of hydrogen-bond donors (Lipinski definition) is 1. The number of aromatic nitrogens is 1. The summed E-state index contributed by atoms with van der Waals surface area (Å²) < 4.78 is 30.3. The molecule has 1 N–H and O–H groups in total. The highest BCUT2D eigenvalue weighted by Gasteiger charge is 2.43. The molecule has 4 rings (SSSR count). The average Bonchev–Trinajstić information content (AvgIpc) is 3.28. The average molecular weight is 390 g/mol. The second kappa shape index (κ2) is 7.35. The maximum absolute atomic E-state index is 14.1. The molecule has 0 spiro atoms. The number of halogens is 2. The summed E-state index contributed by atoms with van der Waals surface area (Å²) in [4.78, 5) is 16.2. The molecule has 28 heavy (non-hydrogen) atoms. The van der Waals surface area contributed by atoms with Crippen LogP contribution in [0.25, 0.3) is 10.9 Å². The molecule has 0 radical (unpaired) electrons. The maximum atomic E-state index is 14.1. The van der Waals surface area contributed by atoms with Crippen LogP contribution in [-0.4, -0.2) is 66.1 Å². The second-order valence-corrected chi connectivity index (χ2v) is 8.30. The van der Waals surface area contributed by atoms with Crippen molar-refractivity contribution in [2.45, 2.75) is 24.7 Å². The highest BCUT2D eigenvalue weighted by atomic mass is 19.3. The molecule has 152 valence electrons. The fraction of sp³-hybridized carbons (Fsp3) is 0.571. The summed E-state index contributed by atoms with van der Waals surface area (Å²) in [5.74, 6) is -3.26. The van der Waals surface area contributed by atoms with Crippen LogP contribution < -0.4 is 5.32 Å². The molecular weight excluding hydrogens is 362 g/mol. The van der Waals surface area contributed by atoms with Gasteiger partial charge in [0.15, 0.2) is 0 Å². The van der Waals surface area contributed by atoms with Crippen LogP contribution in [0.15, 0.2) is 30.5 Å². The first-order valence-corrected chi connectivity index (χ1v) is 9.98. The molecule has 2 amide bonds. The summed E-state index contributed by atoms with van der Waals surface area (Å²) in [7, 11) is 3.88. The highest BCUT2D eigenvalue weighted by molar-refractivity contribution is 5.84. The molecule has 2 unspecified atom stereocenters. The third-order valence-corrected chi connectivity index (χ3v) is 6.30. The Morgan fingerprint density at radius 1 is 1.21 bits per heavy atom. The van der Waals surface area contributed by atoms with E-state index in [1.165, 1.54) is 16.5 Å². The number of urea groups is 1. The zero-order valence-electron chi connectivity index (χ0n) is 16.5. The lowest BCUT2D eigenvalue weighted by molar-refractivity contribution is -0.0994. The van der Waals surface area contributed by atoms with Crippen LogP contribution in [0.3, 0.4) is 0 Å². The molecule has 5 nitrogen and oxygen atoms in total. The molecule has 2 fully saturated rings. The molecular formula is C21H28F2N4O. The third-order valence-electron chi connectivity index (χ3n) is 6.30. The van der Waals surface area contributed by atoms with E-state index in [2.05, 4.69) is 28.2 Å². The van der Waals surface area contributed by atoms with Crippen molar-refractivity contribution in [3.63, 3.8) is 0 Å². The van der Waals surface area contributed by atoms with Gasteiger partial charge in [0.1, 0.15) is 0 Å². The van der Waals surface area contributed by atoms with E-state index in [4.69, 9.17) is 0 Å². The van der Waals surface area contributed by atoms with E-state index in [9.17, 15) is 13.6 Å². The molecule has 2 aromatic rings. The van der Waals surface area contributed by atoms with Crippen molar-refractivity contribution < 1.29 is 13.6 Å². The lowest BCUT2D eigenvalue weighted by Gasteiger charge is -2.36. The Morgan fingerprint density at radius 3 is 2.82 bits per heavy atom. The molecule has 2 atom stereocenters. The number of benzene rings is 1. The molecule has 0 aliphatic carbocycles. The molecule has 0 saturated carbocycles. The first-order valence-electron chi connectivity index (χ1n) is 9.98. The van der Waals surface area contributed by atoms with Gasteiger partial charge < -0.3 is 19.7 Å². The zero-order valence-corrected chi connectivity index (χ0v) is 16.5. The van der Waals surface area contributed by atoms with Gasteiger partial charge in [-0.15, -0.1) is 0 Å². The van der Waals surface area contributed by atoms with E-state index in [0.717, 1.165) is 6.42 Å². The number of nitrogens with one attached hydrogen (secondary N) is 1. The summed E-state index contributed by atoms with van der Waals surface area (Å²) in [6, 6.07) is 8.05. The van der Waals surface area contributed by atoms with Crippen molar-refractivity contribution in [3.8, 4) is 0 Å². The Kier molecular flexibility index (Phi) is 5.04. The number of piperidine rings is 1. The van der Waals surface area contributed by atoms with Crippen LogP contribution in [0.2, 0.25) is 0 Å². The minimum Gasteiger partial charge on any atom is -0.350 e. The molecule has 2 saturated heterocycles. The Hall–Kier alpha value is -2.15. The van der Waals surface area contributed by atoms with E-state index in [1.807, 2.05) is 31.1 Å². The van der Waals surface area contributed by atoms with E-state index in [1.54, 1.807) is 4.90 Å². The minimum atomic E-state index is -2.71. The SMILES string of the molecule is CN1CCC(F)(F)C(CNC(=O)N2CCC(c3cn(C)c4ccccc34)C2)C1. The third kappa shape index (κ3) is 3.60. The summed E-state index contributed by atoms with van der Waals surface area (Å²) in [6.45, 7) is 2.01. The number of carbonyl (C=O) groups excluding carboxylic acids is 1. The van der Waals surface area contributed by atoms with Crippen molar-refractivity contribution in [1.82, 2.24) is 19.7 Å². The summed E-state index contributed by atoms with van der Waals surface area (Å²) >= 11 is 0. The number of fused-ring (bicyclic) bond motifs is 1. The first kappa shape index (κ1) is 19.2. The van der Waals surface area contributed by atoms with Gasteiger partial charge in [-0.05, 0) is 25.1 Å². The smallest absolute Gasteiger partial charge is 0.317 e. The second-order valence-electron chi connectivity index (χ2n) is 8.30. The van der Waals surface area contributed by atoms with Crippen LogP contribution in [-0.2, 0) is 7.05 Å². The van der Waals surface area contributed by atoms with Gasteiger partial charge in [0, 0.05) is 69.2 Å². The molecule has 7 heteroatoms. The van der Waals surface area contributed by atoms with E-state index >= 15 is 0 Å². The molecule has 3 heterocycles. The van der Waals surface area contributed by atoms with E-state index in [0.29, 0.717) is 26.2 Å². The number of para-hydroxylation sites is 1. The van der Waals surface area contributed by atoms with Gasteiger partial charge in [0.2, 0.25) is 0 Å². The van der Waals surface area contributed by atoms with Gasteiger partial charge in [-0.3, -0.25) is 0 Å². The predicted molar refractivity (Wildman–Crippen MR) is 106 cm³/mol. The van der Waals surface area contributed by atoms with Gasteiger partial charge in [-0.1, -0.05) is 18.2 Å². The highest BCUT2D eigenvalue weighted by Crippen LogP contribution is 2.34. The maximum Gasteiger partial charge on any atom is 0.317 e. The van der Waals surface area contributed by atoms with E-state index in [-0.39, 0.29) is 24.9 Å². The molecule has 2 aliphatic heterocycles.